The Hall–Kier alpha value is -3.15. The molecule has 0 fully saturated rings. The lowest BCUT2D eigenvalue weighted by Crippen LogP contribution is -2.01. The van der Waals surface area contributed by atoms with Gasteiger partial charge >= 0.3 is 5.97 Å². The lowest BCUT2D eigenvalue weighted by atomic mass is 10.1. The second-order valence-electron chi connectivity index (χ2n) is 4.54. The first-order valence-electron chi connectivity index (χ1n) is 6.53. The highest BCUT2D eigenvalue weighted by Crippen LogP contribution is 2.20. The molecular formula is C18H13NO3. The van der Waals surface area contributed by atoms with Crippen molar-refractivity contribution in [3.63, 3.8) is 0 Å². The third-order valence-electron chi connectivity index (χ3n) is 2.98. The SMILES string of the molecule is COC(=O)c1ccc(N=C=O)c(C#Cc2ccc(C)cc2)c1. The van der Waals surface area contributed by atoms with Crippen molar-refractivity contribution in [2.75, 3.05) is 7.11 Å². The van der Waals surface area contributed by atoms with E-state index >= 15 is 0 Å². The lowest BCUT2D eigenvalue weighted by Gasteiger charge is -2.02. The van der Waals surface area contributed by atoms with E-state index in [0.29, 0.717) is 16.8 Å². The summed E-state index contributed by atoms with van der Waals surface area (Å²) in [5.41, 5.74) is 3.15. The molecule has 22 heavy (non-hydrogen) atoms. The number of isocyanates is 1. The molecule has 0 aromatic heterocycles. The van der Waals surface area contributed by atoms with Crippen LogP contribution in [0.3, 0.4) is 0 Å². The van der Waals surface area contributed by atoms with Gasteiger partial charge in [-0.25, -0.2) is 9.59 Å². The summed E-state index contributed by atoms with van der Waals surface area (Å²) < 4.78 is 4.67. The average molecular weight is 291 g/mol. The predicted molar refractivity (Wildman–Crippen MR) is 82.7 cm³/mol. The van der Waals surface area contributed by atoms with E-state index in [-0.39, 0.29) is 0 Å². The van der Waals surface area contributed by atoms with Crippen molar-refractivity contribution in [3.8, 4) is 11.8 Å². The molecule has 0 bridgehead atoms. The van der Waals surface area contributed by atoms with Gasteiger partial charge in [0.1, 0.15) is 0 Å². The van der Waals surface area contributed by atoms with Crippen LogP contribution in [0.5, 0.6) is 0 Å². The number of hydrogen-bond donors (Lipinski definition) is 0. The first kappa shape index (κ1) is 15.2. The summed E-state index contributed by atoms with van der Waals surface area (Å²) in [7, 11) is 1.30. The Morgan fingerprint density at radius 1 is 1.09 bits per heavy atom. The van der Waals surface area contributed by atoms with Gasteiger partial charge in [0.25, 0.3) is 0 Å². The van der Waals surface area contributed by atoms with Crippen LogP contribution < -0.4 is 0 Å². The van der Waals surface area contributed by atoms with E-state index in [4.69, 9.17) is 0 Å². The normalized spacial score (nSPS) is 9.18. The van der Waals surface area contributed by atoms with Gasteiger partial charge in [-0.3, -0.25) is 0 Å². The first-order valence-corrected chi connectivity index (χ1v) is 6.53. The number of aliphatic imine (C=N–C) groups is 1. The Bertz CT molecular complexity index is 804. The van der Waals surface area contributed by atoms with Crippen LogP contribution in [0.1, 0.15) is 27.0 Å². The van der Waals surface area contributed by atoms with E-state index in [9.17, 15) is 9.59 Å². The quantitative estimate of drug-likeness (QED) is 0.369. The second-order valence-corrected chi connectivity index (χ2v) is 4.54. The molecule has 2 aromatic carbocycles. The Balaban J connectivity index is 2.45. The molecule has 4 nitrogen and oxygen atoms in total. The maximum atomic E-state index is 11.6. The van der Waals surface area contributed by atoms with E-state index in [1.165, 1.54) is 25.3 Å². The summed E-state index contributed by atoms with van der Waals surface area (Å²) in [4.78, 5) is 25.6. The minimum Gasteiger partial charge on any atom is -0.465 e. The number of benzene rings is 2. The molecule has 0 radical (unpaired) electrons. The molecule has 0 saturated carbocycles. The van der Waals surface area contributed by atoms with Gasteiger partial charge in [-0.05, 0) is 37.3 Å². The predicted octanol–water partition coefficient (Wildman–Crippen LogP) is 3.15. The molecule has 0 saturated heterocycles. The third-order valence-corrected chi connectivity index (χ3v) is 2.98. The van der Waals surface area contributed by atoms with E-state index in [1.807, 2.05) is 31.2 Å². The summed E-state index contributed by atoms with van der Waals surface area (Å²) in [6, 6.07) is 12.3. The van der Waals surface area contributed by atoms with Gasteiger partial charge in [-0.2, -0.15) is 4.99 Å². The van der Waals surface area contributed by atoms with Crippen LogP contribution in [0.4, 0.5) is 5.69 Å². The van der Waals surface area contributed by atoms with Crippen LogP contribution in [-0.4, -0.2) is 19.2 Å². The Morgan fingerprint density at radius 3 is 2.45 bits per heavy atom. The monoisotopic (exact) mass is 291 g/mol. The zero-order chi connectivity index (χ0) is 15.9. The molecule has 2 rings (SSSR count). The second kappa shape index (κ2) is 7.03. The molecule has 108 valence electrons. The van der Waals surface area contributed by atoms with Crippen molar-refractivity contribution >= 4 is 17.7 Å². The number of carbonyl (C=O) groups is 1. The molecule has 0 unspecified atom stereocenters. The average Bonchev–Trinajstić information content (AvgIpc) is 2.55. The van der Waals surface area contributed by atoms with Crippen molar-refractivity contribution in [2.24, 2.45) is 4.99 Å². The van der Waals surface area contributed by atoms with Gasteiger partial charge in [0.15, 0.2) is 0 Å². The maximum absolute atomic E-state index is 11.6. The minimum absolute atomic E-state index is 0.348. The number of ether oxygens (including phenoxy) is 1. The highest BCUT2D eigenvalue weighted by Gasteiger charge is 2.08. The Labute approximate surface area is 128 Å². The van der Waals surface area contributed by atoms with Crippen LogP contribution in [0, 0.1) is 18.8 Å². The molecule has 0 N–H and O–H groups in total. The summed E-state index contributed by atoms with van der Waals surface area (Å²) >= 11 is 0. The van der Waals surface area contributed by atoms with Gasteiger partial charge < -0.3 is 4.74 Å². The van der Waals surface area contributed by atoms with E-state index in [1.54, 1.807) is 6.07 Å². The molecule has 0 amide bonds. The number of methoxy groups -OCH3 is 1. The third kappa shape index (κ3) is 3.69. The summed E-state index contributed by atoms with van der Waals surface area (Å²) in [6.45, 7) is 1.99. The molecular weight excluding hydrogens is 278 g/mol. The molecule has 0 heterocycles. The molecule has 0 aliphatic heterocycles. The number of aryl methyl sites for hydroxylation is 1. The summed E-state index contributed by atoms with van der Waals surface area (Å²) in [5.74, 6) is 5.43. The molecule has 2 aromatic rings. The van der Waals surface area contributed by atoms with E-state index in [0.717, 1.165) is 11.1 Å². The highest BCUT2D eigenvalue weighted by molar-refractivity contribution is 5.90. The number of carbonyl (C=O) groups excluding carboxylic acids is 2. The van der Waals surface area contributed by atoms with Crippen LogP contribution in [0.2, 0.25) is 0 Å². The summed E-state index contributed by atoms with van der Waals surface area (Å²) in [6.07, 6.45) is 1.48. The fourth-order valence-electron chi connectivity index (χ4n) is 1.80. The van der Waals surface area contributed by atoms with E-state index in [2.05, 4.69) is 21.6 Å². The van der Waals surface area contributed by atoms with Gasteiger partial charge in [0, 0.05) is 5.56 Å². The van der Waals surface area contributed by atoms with Gasteiger partial charge in [-0.1, -0.05) is 29.5 Å². The smallest absolute Gasteiger partial charge is 0.337 e. The summed E-state index contributed by atoms with van der Waals surface area (Å²) in [5, 5.41) is 0. The van der Waals surface area contributed by atoms with Crippen LogP contribution in [0.25, 0.3) is 0 Å². The fraction of sp³-hybridized carbons (Fsp3) is 0.111. The molecule has 0 atom stereocenters. The molecule has 0 aliphatic rings. The van der Waals surface area contributed by atoms with Crippen molar-refractivity contribution in [1.29, 1.82) is 0 Å². The first-order chi connectivity index (χ1) is 10.6. The van der Waals surface area contributed by atoms with E-state index < -0.39 is 5.97 Å². The number of rotatable bonds is 2. The zero-order valence-electron chi connectivity index (χ0n) is 12.2. The fourth-order valence-corrected chi connectivity index (χ4v) is 1.80. The minimum atomic E-state index is -0.472. The topological polar surface area (TPSA) is 55.7 Å². The standard InChI is InChI=1S/C18H13NO3/c1-13-3-5-14(6-4-13)7-8-15-11-16(18(21)22-2)9-10-17(15)19-12-20/h3-6,9-11H,1-2H3. The molecule has 0 spiro atoms. The van der Waals surface area contributed by atoms with Gasteiger partial charge in [0.05, 0.1) is 23.9 Å². The number of nitrogens with zero attached hydrogens (tertiary/aromatic N) is 1. The molecule has 0 aliphatic carbocycles. The number of esters is 1. The Morgan fingerprint density at radius 2 is 1.82 bits per heavy atom. The number of hydrogen-bond acceptors (Lipinski definition) is 4. The van der Waals surface area contributed by atoms with Crippen molar-refractivity contribution < 1.29 is 14.3 Å². The van der Waals surface area contributed by atoms with Crippen molar-refractivity contribution in [2.45, 2.75) is 6.92 Å². The van der Waals surface area contributed by atoms with Crippen LogP contribution in [0.15, 0.2) is 47.5 Å². The van der Waals surface area contributed by atoms with Crippen molar-refractivity contribution in [1.82, 2.24) is 0 Å². The molecule has 4 heteroatoms. The largest absolute Gasteiger partial charge is 0.465 e. The highest BCUT2D eigenvalue weighted by atomic mass is 16.5. The maximum Gasteiger partial charge on any atom is 0.337 e. The van der Waals surface area contributed by atoms with Crippen LogP contribution in [-0.2, 0) is 9.53 Å². The Kier molecular flexibility index (Phi) is 4.87. The zero-order valence-corrected chi connectivity index (χ0v) is 12.2. The van der Waals surface area contributed by atoms with Gasteiger partial charge in [0.2, 0.25) is 6.08 Å². The van der Waals surface area contributed by atoms with Crippen LogP contribution >= 0.6 is 0 Å². The lowest BCUT2D eigenvalue weighted by molar-refractivity contribution is 0.0600. The van der Waals surface area contributed by atoms with Gasteiger partial charge in [-0.15, -0.1) is 0 Å². The van der Waals surface area contributed by atoms with Crippen molar-refractivity contribution in [3.05, 3.63) is 64.7 Å².